The van der Waals surface area contributed by atoms with Crippen LogP contribution < -0.4 is 10.6 Å². The summed E-state index contributed by atoms with van der Waals surface area (Å²) in [5.74, 6) is 0.135. The molecule has 0 atom stereocenters. The van der Waals surface area contributed by atoms with E-state index in [4.69, 9.17) is 4.74 Å². The summed E-state index contributed by atoms with van der Waals surface area (Å²) in [5, 5.41) is 6.14. The molecule has 1 heterocycles. The maximum Gasteiger partial charge on any atom is 0.339 e. The number of nitrogens with one attached hydrogen (secondary N) is 2. The number of carbonyl (C=O) groups excluding carboxylic acids is 1. The number of methoxy groups -OCH3 is 1. The largest absolute Gasteiger partial charge is 0.465 e. The number of carbonyl (C=O) groups is 1. The number of esters is 1. The quantitative estimate of drug-likeness (QED) is 0.641. The molecular weight excluding hydrogens is 347 g/mol. The van der Waals surface area contributed by atoms with Gasteiger partial charge in [0.15, 0.2) is 0 Å². The summed E-state index contributed by atoms with van der Waals surface area (Å²) < 4.78 is 18.6. The summed E-state index contributed by atoms with van der Waals surface area (Å²) in [6, 6.07) is 15.2. The third-order valence-electron chi connectivity index (χ3n) is 3.85. The Hall–Kier alpha value is -3.48. The third kappa shape index (κ3) is 4.58. The number of anilines is 3. The number of nitrogens with zero attached hydrogens (tertiary/aromatic N) is 2. The molecule has 0 unspecified atom stereocenters. The van der Waals surface area contributed by atoms with E-state index in [0.717, 1.165) is 5.69 Å². The normalized spacial score (nSPS) is 10.3. The van der Waals surface area contributed by atoms with Crippen LogP contribution in [0, 0.1) is 12.7 Å². The van der Waals surface area contributed by atoms with E-state index >= 15 is 0 Å². The first-order valence-electron chi connectivity index (χ1n) is 8.34. The highest BCUT2D eigenvalue weighted by molar-refractivity contribution is 5.96. The average Bonchev–Trinajstić information content (AvgIpc) is 2.67. The monoisotopic (exact) mass is 366 g/mol. The Labute approximate surface area is 156 Å². The lowest BCUT2D eigenvalue weighted by molar-refractivity contribution is 0.0602. The smallest absolute Gasteiger partial charge is 0.339 e. The van der Waals surface area contributed by atoms with Crippen molar-refractivity contribution < 1.29 is 13.9 Å². The fourth-order valence-corrected chi connectivity index (χ4v) is 2.54. The van der Waals surface area contributed by atoms with E-state index in [1.54, 1.807) is 48.5 Å². The zero-order valence-corrected chi connectivity index (χ0v) is 15.0. The highest BCUT2D eigenvalue weighted by atomic mass is 19.1. The molecule has 3 rings (SSSR count). The van der Waals surface area contributed by atoms with Gasteiger partial charge in [0.2, 0.25) is 5.95 Å². The minimum absolute atomic E-state index is 0.277. The van der Waals surface area contributed by atoms with Crippen LogP contribution in [0.1, 0.15) is 21.6 Å². The van der Waals surface area contributed by atoms with Crippen molar-refractivity contribution in [1.29, 1.82) is 0 Å². The molecule has 1 aromatic heterocycles. The fraction of sp³-hybridized carbons (Fsp3) is 0.150. The van der Waals surface area contributed by atoms with Gasteiger partial charge in [-0.1, -0.05) is 30.3 Å². The van der Waals surface area contributed by atoms with Gasteiger partial charge in [-0.15, -0.1) is 0 Å². The molecule has 0 spiro atoms. The summed E-state index contributed by atoms with van der Waals surface area (Å²) in [6.45, 7) is 2.12. The number of ether oxygens (including phenoxy) is 1. The molecule has 6 nitrogen and oxygen atoms in total. The molecule has 7 heteroatoms. The zero-order valence-electron chi connectivity index (χ0n) is 15.0. The lowest BCUT2D eigenvalue weighted by Gasteiger charge is -2.12. The number of hydrogen-bond acceptors (Lipinski definition) is 6. The van der Waals surface area contributed by atoms with Gasteiger partial charge >= 0.3 is 5.97 Å². The van der Waals surface area contributed by atoms with Crippen molar-refractivity contribution in [1.82, 2.24) is 9.97 Å². The Balaban J connectivity index is 1.80. The van der Waals surface area contributed by atoms with Gasteiger partial charge in [0.1, 0.15) is 11.6 Å². The highest BCUT2D eigenvalue weighted by Crippen LogP contribution is 2.21. The zero-order chi connectivity index (χ0) is 19.2. The summed E-state index contributed by atoms with van der Waals surface area (Å²) in [6.07, 6.45) is 0. The molecule has 0 bridgehead atoms. The summed E-state index contributed by atoms with van der Waals surface area (Å²) in [5.41, 5.74) is 2.18. The second-order valence-corrected chi connectivity index (χ2v) is 5.83. The van der Waals surface area contributed by atoms with Gasteiger partial charge in [-0.25, -0.2) is 14.2 Å². The molecule has 0 aliphatic heterocycles. The SMILES string of the molecule is COC(=O)c1ccccc1Nc1nc(C)cc(NCc2ccccc2F)n1. The first-order chi connectivity index (χ1) is 13.1. The van der Waals surface area contributed by atoms with Crippen molar-refractivity contribution in [3.63, 3.8) is 0 Å². The summed E-state index contributed by atoms with van der Waals surface area (Å²) >= 11 is 0. The van der Waals surface area contributed by atoms with Crippen LogP contribution in [0.15, 0.2) is 54.6 Å². The summed E-state index contributed by atoms with van der Waals surface area (Å²) in [7, 11) is 1.33. The van der Waals surface area contributed by atoms with Crippen LogP contribution >= 0.6 is 0 Å². The first-order valence-corrected chi connectivity index (χ1v) is 8.34. The third-order valence-corrected chi connectivity index (χ3v) is 3.85. The molecule has 0 saturated carbocycles. The van der Waals surface area contributed by atoms with Crippen LogP contribution in [0.25, 0.3) is 0 Å². The van der Waals surface area contributed by atoms with Crippen molar-refractivity contribution in [2.45, 2.75) is 13.5 Å². The molecule has 3 aromatic rings. The van der Waals surface area contributed by atoms with Crippen LogP contribution in [-0.2, 0) is 11.3 Å². The second-order valence-electron chi connectivity index (χ2n) is 5.83. The highest BCUT2D eigenvalue weighted by Gasteiger charge is 2.12. The lowest BCUT2D eigenvalue weighted by atomic mass is 10.2. The molecule has 27 heavy (non-hydrogen) atoms. The van der Waals surface area contributed by atoms with Crippen molar-refractivity contribution in [3.05, 3.63) is 77.2 Å². The van der Waals surface area contributed by atoms with Crippen LogP contribution in [-0.4, -0.2) is 23.0 Å². The molecular formula is C20H19FN4O2. The Kier molecular flexibility index (Phi) is 5.61. The van der Waals surface area contributed by atoms with E-state index in [9.17, 15) is 9.18 Å². The minimum atomic E-state index is -0.455. The number of para-hydroxylation sites is 1. The number of aromatic nitrogens is 2. The van der Waals surface area contributed by atoms with E-state index < -0.39 is 5.97 Å². The van der Waals surface area contributed by atoms with Gasteiger partial charge in [0.25, 0.3) is 0 Å². The topological polar surface area (TPSA) is 76.1 Å². The average molecular weight is 366 g/mol. The Bertz CT molecular complexity index is 962. The number of benzene rings is 2. The van der Waals surface area contributed by atoms with E-state index in [1.807, 2.05) is 6.92 Å². The molecule has 0 fully saturated rings. The van der Waals surface area contributed by atoms with Crippen molar-refractivity contribution in [3.8, 4) is 0 Å². The van der Waals surface area contributed by atoms with E-state index in [-0.39, 0.29) is 5.82 Å². The number of hydrogen-bond donors (Lipinski definition) is 2. The Morgan fingerprint density at radius 3 is 2.63 bits per heavy atom. The number of halogens is 1. The first kappa shape index (κ1) is 18.3. The van der Waals surface area contributed by atoms with Gasteiger partial charge < -0.3 is 15.4 Å². The molecule has 0 amide bonds. The van der Waals surface area contributed by atoms with Crippen LogP contribution in [0.2, 0.25) is 0 Å². The molecule has 2 N–H and O–H groups in total. The predicted molar refractivity (Wildman–Crippen MR) is 102 cm³/mol. The van der Waals surface area contributed by atoms with Crippen LogP contribution in [0.5, 0.6) is 0 Å². The van der Waals surface area contributed by atoms with Gasteiger partial charge in [-0.3, -0.25) is 0 Å². The molecule has 0 aliphatic carbocycles. The van der Waals surface area contributed by atoms with Crippen LogP contribution in [0.4, 0.5) is 21.8 Å². The fourth-order valence-electron chi connectivity index (χ4n) is 2.54. The minimum Gasteiger partial charge on any atom is -0.465 e. The maximum absolute atomic E-state index is 13.8. The van der Waals surface area contributed by atoms with Gasteiger partial charge in [-0.05, 0) is 25.1 Å². The molecule has 2 aromatic carbocycles. The van der Waals surface area contributed by atoms with Crippen LogP contribution in [0.3, 0.4) is 0 Å². The standard InChI is InChI=1S/C20H19FN4O2/c1-13-11-18(22-12-14-7-3-5-9-16(14)21)25-20(23-13)24-17-10-6-4-8-15(17)19(26)27-2/h3-11H,12H2,1-2H3,(H2,22,23,24,25). The van der Waals surface area contributed by atoms with Crippen molar-refractivity contribution in [2.75, 3.05) is 17.7 Å². The predicted octanol–water partition coefficient (Wildman–Crippen LogP) is 4.07. The second kappa shape index (κ2) is 8.27. The van der Waals surface area contributed by atoms with Gasteiger partial charge in [0.05, 0.1) is 18.4 Å². The molecule has 138 valence electrons. The number of aryl methyl sites for hydroxylation is 1. The van der Waals surface area contributed by atoms with Gasteiger partial charge in [-0.2, -0.15) is 4.98 Å². The van der Waals surface area contributed by atoms with E-state index in [2.05, 4.69) is 20.6 Å². The molecule has 0 saturated heterocycles. The molecule has 0 aliphatic rings. The van der Waals surface area contributed by atoms with E-state index in [0.29, 0.717) is 35.1 Å². The lowest BCUT2D eigenvalue weighted by Crippen LogP contribution is -2.09. The van der Waals surface area contributed by atoms with Crippen molar-refractivity contribution in [2.24, 2.45) is 0 Å². The van der Waals surface area contributed by atoms with Crippen molar-refractivity contribution >= 4 is 23.4 Å². The number of rotatable bonds is 6. The summed E-state index contributed by atoms with van der Waals surface area (Å²) in [4.78, 5) is 20.6. The Morgan fingerprint density at radius 1 is 1.11 bits per heavy atom. The maximum atomic E-state index is 13.8. The van der Waals surface area contributed by atoms with Gasteiger partial charge in [0, 0.05) is 23.9 Å². The van der Waals surface area contributed by atoms with E-state index in [1.165, 1.54) is 13.2 Å². The Morgan fingerprint density at radius 2 is 1.85 bits per heavy atom. The molecule has 0 radical (unpaired) electrons.